The highest BCUT2D eigenvalue weighted by atomic mass is 35.5. The van der Waals surface area contributed by atoms with Gasteiger partial charge in [-0.3, -0.25) is 0 Å². The minimum Gasteiger partial charge on any atom is -0.507 e. The zero-order valence-corrected chi connectivity index (χ0v) is 23.7. The number of nitrogens with one attached hydrogen (secondary N) is 2. The van der Waals surface area contributed by atoms with Gasteiger partial charge in [-0.1, -0.05) is 11.6 Å². The molecule has 3 N–H and O–H groups in total. The third-order valence-electron chi connectivity index (χ3n) is 8.93. The number of halogens is 2. The Kier molecular flexibility index (Phi) is 6.41. The molecule has 0 saturated carbocycles. The molecular weight excluding hydrogens is 545 g/mol. The van der Waals surface area contributed by atoms with Crippen molar-refractivity contribution in [3.8, 4) is 29.0 Å². The molecule has 41 heavy (non-hydrogen) atoms. The van der Waals surface area contributed by atoms with Crippen molar-refractivity contribution in [3.63, 3.8) is 0 Å². The van der Waals surface area contributed by atoms with E-state index >= 15 is 4.39 Å². The lowest BCUT2D eigenvalue weighted by molar-refractivity contribution is 0.258. The van der Waals surface area contributed by atoms with Crippen LogP contribution in [0.2, 0.25) is 5.02 Å². The molecule has 212 valence electrons. The molecule has 0 radical (unpaired) electrons. The predicted molar refractivity (Wildman–Crippen MR) is 156 cm³/mol. The maximum Gasteiger partial charge on any atom is 0.319 e. The SMILES string of the molecule is Cc1c(-c2c(Cl)cc3c(N4CC5CCC(C4)N5)nc(OC[C@@H]4CCCN4)nc3c2F)c2c(C#N)c(O)ccc2n1C. The Labute approximate surface area is 241 Å². The van der Waals surface area contributed by atoms with E-state index in [-0.39, 0.29) is 39.5 Å². The van der Waals surface area contributed by atoms with Gasteiger partial charge in [0, 0.05) is 65.9 Å². The summed E-state index contributed by atoms with van der Waals surface area (Å²) in [5.74, 6) is -0.167. The molecule has 0 aliphatic carbocycles. The molecule has 2 aromatic heterocycles. The van der Waals surface area contributed by atoms with E-state index < -0.39 is 5.82 Å². The number of aromatic hydroxyl groups is 1. The van der Waals surface area contributed by atoms with E-state index in [2.05, 4.69) is 26.6 Å². The van der Waals surface area contributed by atoms with Crippen molar-refractivity contribution in [2.45, 2.75) is 50.7 Å². The first kappa shape index (κ1) is 26.3. The number of rotatable bonds is 5. The number of hydrogen-bond acceptors (Lipinski definition) is 8. The van der Waals surface area contributed by atoms with Gasteiger partial charge < -0.3 is 29.9 Å². The number of aryl methyl sites for hydroxylation is 1. The fraction of sp³-hybridized carbons (Fsp3) is 0.433. The number of nitriles is 1. The summed E-state index contributed by atoms with van der Waals surface area (Å²) in [7, 11) is 1.84. The summed E-state index contributed by atoms with van der Waals surface area (Å²) < 4.78 is 24.8. The van der Waals surface area contributed by atoms with Crippen LogP contribution in [0.25, 0.3) is 32.9 Å². The lowest BCUT2D eigenvalue weighted by atomic mass is 9.96. The molecule has 2 unspecified atom stereocenters. The Morgan fingerprint density at radius 3 is 2.68 bits per heavy atom. The van der Waals surface area contributed by atoms with Gasteiger partial charge in [-0.2, -0.15) is 15.2 Å². The van der Waals surface area contributed by atoms with E-state index in [0.29, 0.717) is 52.1 Å². The second kappa shape index (κ2) is 10.0. The second-order valence-corrected chi connectivity index (χ2v) is 11.8. The van der Waals surface area contributed by atoms with E-state index in [4.69, 9.17) is 21.3 Å². The maximum absolute atomic E-state index is 16.9. The second-order valence-electron chi connectivity index (χ2n) is 11.4. The highest BCUT2D eigenvalue weighted by Gasteiger charge is 2.35. The molecule has 2 bridgehead atoms. The van der Waals surface area contributed by atoms with Crippen molar-refractivity contribution >= 4 is 39.2 Å². The summed E-state index contributed by atoms with van der Waals surface area (Å²) in [5.41, 5.74) is 2.18. The van der Waals surface area contributed by atoms with E-state index in [1.54, 1.807) is 12.1 Å². The van der Waals surface area contributed by atoms with Crippen LogP contribution in [0.5, 0.6) is 11.8 Å². The number of hydrogen-bond donors (Lipinski definition) is 3. The molecule has 9 nitrogen and oxygen atoms in total. The number of aromatic nitrogens is 3. The lowest BCUT2D eigenvalue weighted by Gasteiger charge is -2.34. The lowest BCUT2D eigenvalue weighted by Crippen LogP contribution is -2.51. The number of piperazine rings is 1. The molecule has 0 spiro atoms. The van der Waals surface area contributed by atoms with Gasteiger partial charge in [0.2, 0.25) is 0 Å². The molecule has 2 aromatic carbocycles. The van der Waals surface area contributed by atoms with Crippen molar-refractivity contribution in [3.05, 3.63) is 40.3 Å². The summed E-state index contributed by atoms with van der Waals surface area (Å²) in [5, 5.41) is 28.6. The minimum atomic E-state index is -0.610. The van der Waals surface area contributed by atoms with Crippen molar-refractivity contribution in [2.24, 2.45) is 7.05 Å². The minimum absolute atomic E-state index is 0.0736. The number of phenolic OH excluding ortho intramolecular Hbond substituents is 1. The van der Waals surface area contributed by atoms with E-state index in [9.17, 15) is 10.4 Å². The third kappa shape index (κ3) is 4.26. The van der Waals surface area contributed by atoms with Gasteiger partial charge >= 0.3 is 6.01 Å². The van der Waals surface area contributed by atoms with Crippen LogP contribution < -0.4 is 20.3 Å². The van der Waals surface area contributed by atoms with Crippen LogP contribution in [0.3, 0.4) is 0 Å². The first-order valence-electron chi connectivity index (χ1n) is 14.1. The standard InChI is InChI=1S/C30H31ClFN7O2/c1-15-24(25-20(11-33)23(40)8-7-22(25)38(15)2)26-21(31)10-19-28(27(26)32)36-30(41-14-18-4-3-9-34-18)37-29(19)39-12-16-5-6-17(13-39)35-16/h7-8,10,16-18,34-35,40H,3-6,9,12-14H2,1-2H3/t16?,17?,18-/m0/s1. The Morgan fingerprint density at radius 1 is 1.20 bits per heavy atom. The summed E-state index contributed by atoms with van der Waals surface area (Å²) in [6.07, 6.45) is 4.27. The highest BCUT2D eigenvalue weighted by Crippen LogP contribution is 2.45. The summed E-state index contributed by atoms with van der Waals surface area (Å²) in [6, 6.07) is 8.04. The Morgan fingerprint density at radius 2 is 1.98 bits per heavy atom. The molecule has 3 aliphatic rings. The first-order valence-corrected chi connectivity index (χ1v) is 14.5. The molecule has 3 aliphatic heterocycles. The molecule has 3 atom stereocenters. The van der Waals surface area contributed by atoms with Crippen molar-refractivity contribution < 1.29 is 14.2 Å². The zero-order valence-electron chi connectivity index (χ0n) is 23.0. The highest BCUT2D eigenvalue weighted by molar-refractivity contribution is 6.35. The van der Waals surface area contributed by atoms with Crippen LogP contribution in [-0.2, 0) is 7.05 Å². The largest absolute Gasteiger partial charge is 0.507 e. The van der Waals surface area contributed by atoms with Gasteiger partial charge in [-0.05, 0) is 57.4 Å². The summed E-state index contributed by atoms with van der Waals surface area (Å²) in [6.45, 7) is 4.69. The van der Waals surface area contributed by atoms with Crippen LogP contribution in [0.4, 0.5) is 10.2 Å². The van der Waals surface area contributed by atoms with Crippen LogP contribution in [0.15, 0.2) is 18.2 Å². The van der Waals surface area contributed by atoms with Gasteiger partial charge in [0.1, 0.15) is 35.3 Å². The topological polar surface area (TPSA) is 111 Å². The van der Waals surface area contributed by atoms with Gasteiger partial charge in [0.25, 0.3) is 0 Å². The normalized spacial score (nSPS) is 22.1. The molecule has 3 saturated heterocycles. The molecule has 11 heteroatoms. The monoisotopic (exact) mass is 575 g/mol. The van der Waals surface area contributed by atoms with Crippen LogP contribution >= 0.6 is 11.6 Å². The number of anilines is 1. The smallest absolute Gasteiger partial charge is 0.319 e. The van der Waals surface area contributed by atoms with Gasteiger partial charge in [0.15, 0.2) is 5.82 Å². The van der Waals surface area contributed by atoms with E-state index in [1.807, 2.05) is 18.5 Å². The number of benzene rings is 2. The number of nitrogens with zero attached hydrogens (tertiary/aromatic N) is 5. The molecule has 4 aromatic rings. The summed E-state index contributed by atoms with van der Waals surface area (Å²) in [4.78, 5) is 11.6. The Hall–Kier alpha value is -3.65. The van der Waals surface area contributed by atoms with Crippen molar-refractivity contribution in [1.29, 1.82) is 5.26 Å². The fourth-order valence-corrected chi connectivity index (χ4v) is 7.09. The fourth-order valence-electron chi connectivity index (χ4n) is 6.80. The van der Waals surface area contributed by atoms with Gasteiger partial charge in [0.05, 0.1) is 10.5 Å². The number of ether oxygens (including phenoxy) is 1. The molecule has 7 rings (SSSR count). The molecular formula is C30H31ClFN7O2. The molecule has 0 amide bonds. The third-order valence-corrected chi connectivity index (χ3v) is 9.23. The summed E-state index contributed by atoms with van der Waals surface area (Å²) >= 11 is 6.91. The maximum atomic E-state index is 16.9. The van der Waals surface area contributed by atoms with Crippen LogP contribution in [0, 0.1) is 24.1 Å². The Balaban J connectivity index is 1.44. The zero-order chi connectivity index (χ0) is 28.4. The van der Waals surface area contributed by atoms with Crippen LogP contribution in [-0.4, -0.2) is 64.0 Å². The Bertz CT molecular complexity index is 1730. The van der Waals surface area contributed by atoms with Crippen molar-refractivity contribution in [1.82, 2.24) is 25.2 Å². The van der Waals surface area contributed by atoms with Crippen LogP contribution in [0.1, 0.15) is 36.9 Å². The molecule has 3 fully saturated rings. The van der Waals surface area contributed by atoms with Crippen molar-refractivity contribution in [2.75, 3.05) is 31.1 Å². The average Bonchev–Trinajstić information content (AvgIpc) is 3.67. The van der Waals surface area contributed by atoms with Gasteiger partial charge in [-0.15, -0.1) is 0 Å². The quantitative estimate of drug-likeness (QED) is 0.318. The molecule has 5 heterocycles. The van der Waals surface area contributed by atoms with Gasteiger partial charge in [-0.25, -0.2) is 4.39 Å². The number of fused-ring (bicyclic) bond motifs is 4. The predicted octanol–water partition coefficient (Wildman–Crippen LogP) is 4.54. The number of phenols is 1. The average molecular weight is 576 g/mol. The van der Waals surface area contributed by atoms with E-state index in [1.165, 1.54) is 6.07 Å². The first-order chi connectivity index (χ1) is 19.8. The van der Waals surface area contributed by atoms with E-state index in [0.717, 1.165) is 45.3 Å².